The molecule has 4 rings (SSSR count). The molecule has 0 spiro atoms. The molecule has 5 nitrogen and oxygen atoms in total. The van der Waals surface area contributed by atoms with Crippen LogP contribution in [0.15, 0.2) is 64.5 Å². The number of benzene rings is 2. The van der Waals surface area contributed by atoms with Crippen LogP contribution in [0.3, 0.4) is 0 Å². The molecule has 0 bridgehead atoms. The Morgan fingerprint density at radius 1 is 1.15 bits per heavy atom. The summed E-state index contributed by atoms with van der Waals surface area (Å²) in [6.45, 7) is 0. The first-order valence-electron chi connectivity index (χ1n) is 7.76. The summed E-state index contributed by atoms with van der Waals surface area (Å²) in [6.07, 6.45) is 1.32. The van der Waals surface area contributed by atoms with Crippen molar-refractivity contribution in [2.45, 2.75) is 0 Å². The molecule has 0 saturated carbocycles. The Morgan fingerprint density at radius 2 is 1.92 bits per heavy atom. The summed E-state index contributed by atoms with van der Waals surface area (Å²) in [5, 5.41) is 6.02. The molecule has 0 atom stereocenters. The number of carbonyl (C=O) groups is 1. The second-order valence-corrected chi connectivity index (χ2v) is 7.01. The van der Waals surface area contributed by atoms with Crippen LogP contribution in [-0.4, -0.2) is 17.1 Å². The summed E-state index contributed by atoms with van der Waals surface area (Å²) < 4.78 is 0.928. The smallest absolute Gasteiger partial charge is 0.283 e. The molecule has 7 heteroatoms. The van der Waals surface area contributed by atoms with E-state index in [9.17, 15) is 9.59 Å². The maximum atomic E-state index is 12.3. The molecule has 0 radical (unpaired) electrons. The van der Waals surface area contributed by atoms with Crippen LogP contribution in [0.4, 0.5) is 0 Å². The van der Waals surface area contributed by atoms with Crippen molar-refractivity contribution in [2.24, 2.45) is 5.10 Å². The summed E-state index contributed by atoms with van der Waals surface area (Å²) in [7, 11) is 0. The standard InChI is InChI=1S/C19H12ClN3O2S/c20-16-13-6-2-4-8-15(13)26-17(16)19(25)23-21-10-12-9-11-5-1-3-7-14(11)22-18(12)24/h1-10H,(H,22,24)(H,23,25). The van der Waals surface area contributed by atoms with Crippen LogP contribution in [0.25, 0.3) is 21.0 Å². The first kappa shape index (κ1) is 16.5. The van der Waals surface area contributed by atoms with E-state index in [0.717, 1.165) is 21.0 Å². The molecule has 26 heavy (non-hydrogen) atoms. The van der Waals surface area contributed by atoms with Crippen molar-refractivity contribution in [3.8, 4) is 0 Å². The number of carbonyl (C=O) groups excluding carboxylic acids is 1. The maximum Gasteiger partial charge on any atom is 0.283 e. The zero-order valence-electron chi connectivity index (χ0n) is 13.3. The normalized spacial score (nSPS) is 11.4. The third kappa shape index (κ3) is 3.00. The molecule has 128 valence electrons. The fraction of sp³-hybridized carbons (Fsp3) is 0. The minimum atomic E-state index is -0.412. The molecule has 0 aliphatic heterocycles. The number of hydrogen-bond acceptors (Lipinski definition) is 4. The predicted octanol–water partition coefficient (Wildman–Crippen LogP) is 4.16. The maximum absolute atomic E-state index is 12.3. The molecule has 0 fully saturated rings. The van der Waals surface area contributed by atoms with Gasteiger partial charge in [-0.15, -0.1) is 11.3 Å². The van der Waals surface area contributed by atoms with E-state index in [1.807, 2.05) is 48.5 Å². The predicted molar refractivity (Wildman–Crippen MR) is 106 cm³/mol. The van der Waals surface area contributed by atoms with E-state index in [0.29, 0.717) is 15.5 Å². The molecule has 2 aromatic carbocycles. The van der Waals surface area contributed by atoms with Gasteiger partial charge in [-0.05, 0) is 23.6 Å². The number of hydrogen-bond donors (Lipinski definition) is 2. The van der Waals surface area contributed by atoms with Gasteiger partial charge in [0.1, 0.15) is 4.88 Å². The Labute approximate surface area is 156 Å². The average Bonchev–Trinajstić information content (AvgIpc) is 2.99. The molecule has 0 unspecified atom stereocenters. The lowest BCUT2D eigenvalue weighted by Gasteiger charge is -1.99. The number of para-hydroxylation sites is 1. The fourth-order valence-electron chi connectivity index (χ4n) is 2.63. The van der Waals surface area contributed by atoms with Crippen LogP contribution >= 0.6 is 22.9 Å². The molecule has 0 saturated heterocycles. The van der Waals surface area contributed by atoms with Gasteiger partial charge in [0.25, 0.3) is 11.5 Å². The number of nitrogens with zero attached hydrogens (tertiary/aromatic N) is 1. The molecule has 1 amide bonds. The van der Waals surface area contributed by atoms with Crippen molar-refractivity contribution in [1.82, 2.24) is 10.4 Å². The highest BCUT2D eigenvalue weighted by molar-refractivity contribution is 7.21. The highest BCUT2D eigenvalue weighted by Gasteiger charge is 2.16. The number of fused-ring (bicyclic) bond motifs is 2. The second kappa shape index (κ2) is 6.74. The summed E-state index contributed by atoms with van der Waals surface area (Å²) in [4.78, 5) is 27.6. The van der Waals surface area contributed by atoms with Crippen molar-refractivity contribution < 1.29 is 4.79 Å². The Hall–Kier alpha value is -2.96. The van der Waals surface area contributed by atoms with Crippen LogP contribution in [0, 0.1) is 0 Å². The summed E-state index contributed by atoms with van der Waals surface area (Å²) in [6, 6.07) is 16.7. The first-order valence-corrected chi connectivity index (χ1v) is 8.95. The van der Waals surface area contributed by atoms with Crippen molar-refractivity contribution in [3.63, 3.8) is 0 Å². The molecule has 4 aromatic rings. The van der Waals surface area contributed by atoms with Gasteiger partial charge in [0.2, 0.25) is 0 Å². The highest BCUT2D eigenvalue weighted by Crippen LogP contribution is 2.34. The van der Waals surface area contributed by atoms with Crippen LogP contribution in [0.1, 0.15) is 15.2 Å². The van der Waals surface area contributed by atoms with Gasteiger partial charge in [0.15, 0.2) is 0 Å². The van der Waals surface area contributed by atoms with E-state index >= 15 is 0 Å². The number of aromatic nitrogens is 1. The van der Waals surface area contributed by atoms with Gasteiger partial charge in [0, 0.05) is 15.6 Å². The molecule has 2 N–H and O–H groups in total. The van der Waals surface area contributed by atoms with Crippen molar-refractivity contribution in [3.05, 3.63) is 80.4 Å². The van der Waals surface area contributed by atoms with Crippen LogP contribution in [-0.2, 0) is 0 Å². The van der Waals surface area contributed by atoms with Gasteiger partial charge in [-0.1, -0.05) is 48.0 Å². The lowest BCUT2D eigenvalue weighted by atomic mass is 10.2. The molecular weight excluding hydrogens is 370 g/mol. The van der Waals surface area contributed by atoms with E-state index in [1.165, 1.54) is 17.6 Å². The molecule has 0 aliphatic rings. The van der Waals surface area contributed by atoms with Gasteiger partial charge in [-0.25, -0.2) is 5.43 Å². The zero-order chi connectivity index (χ0) is 18.1. The molecular formula is C19H12ClN3O2S. The SMILES string of the molecule is O=C(NN=Cc1cc2ccccc2[nH]c1=O)c1sc2ccccc2c1Cl. The third-order valence-corrected chi connectivity index (χ3v) is 5.57. The van der Waals surface area contributed by atoms with Gasteiger partial charge in [0.05, 0.1) is 16.8 Å². The quantitative estimate of drug-likeness (QED) is 0.413. The monoisotopic (exact) mass is 381 g/mol. The molecule has 2 aromatic heterocycles. The first-order chi connectivity index (χ1) is 12.6. The number of aromatic amines is 1. The van der Waals surface area contributed by atoms with Crippen molar-refractivity contribution >= 4 is 56.0 Å². The number of thiophene rings is 1. The highest BCUT2D eigenvalue weighted by atomic mass is 35.5. The lowest BCUT2D eigenvalue weighted by Crippen LogP contribution is -2.18. The van der Waals surface area contributed by atoms with Crippen molar-refractivity contribution in [2.75, 3.05) is 0 Å². The zero-order valence-corrected chi connectivity index (χ0v) is 14.9. The topological polar surface area (TPSA) is 74.3 Å². The number of amides is 1. The minimum Gasteiger partial charge on any atom is -0.321 e. The second-order valence-electron chi connectivity index (χ2n) is 5.58. The Morgan fingerprint density at radius 3 is 2.77 bits per heavy atom. The van der Waals surface area contributed by atoms with Crippen molar-refractivity contribution in [1.29, 1.82) is 0 Å². The van der Waals surface area contributed by atoms with E-state index in [1.54, 1.807) is 6.07 Å². The fourth-order valence-corrected chi connectivity index (χ4v) is 4.04. The largest absolute Gasteiger partial charge is 0.321 e. The average molecular weight is 382 g/mol. The van der Waals surface area contributed by atoms with Gasteiger partial charge >= 0.3 is 0 Å². The van der Waals surface area contributed by atoms with E-state index in [-0.39, 0.29) is 5.56 Å². The third-order valence-electron chi connectivity index (χ3n) is 3.89. The summed E-state index contributed by atoms with van der Waals surface area (Å²) >= 11 is 7.58. The summed E-state index contributed by atoms with van der Waals surface area (Å²) in [5.41, 5.74) is 3.25. The number of nitrogens with one attached hydrogen (secondary N) is 2. The molecule has 2 heterocycles. The van der Waals surface area contributed by atoms with Crippen LogP contribution < -0.4 is 11.0 Å². The Kier molecular flexibility index (Phi) is 4.28. The van der Waals surface area contributed by atoms with E-state index in [2.05, 4.69) is 15.5 Å². The van der Waals surface area contributed by atoms with Gasteiger partial charge in [-0.3, -0.25) is 9.59 Å². The number of rotatable bonds is 3. The number of pyridine rings is 1. The van der Waals surface area contributed by atoms with E-state index < -0.39 is 5.91 Å². The number of hydrazone groups is 1. The lowest BCUT2D eigenvalue weighted by molar-refractivity contribution is 0.0959. The van der Waals surface area contributed by atoms with Crippen LogP contribution in [0.5, 0.6) is 0 Å². The Bertz CT molecular complexity index is 1230. The number of H-pyrrole nitrogens is 1. The minimum absolute atomic E-state index is 0.276. The Balaban J connectivity index is 1.58. The van der Waals surface area contributed by atoms with E-state index in [4.69, 9.17) is 11.6 Å². The van der Waals surface area contributed by atoms with Crippen LogP contribution in [0.2, 0.25) is 5.02 Å². The molecule has 0 aliphatic carbocycles. The number of halogens is 1. The summed E-state index contributed by atoms with van der Waals surface area (Å²) in [5.74, 6) is -0.412. The van der Waals surface area contributed by atoms with Gasteiger partial charge in [-0.2, -0.15) is 5.10 Å². The van der Waals surface area contributed by atoms with Gasteiger partial charge < -0.3 is 4.98 Å².